The van der Waals surface area contributed by atoms with Gasteiger partial charge >= 0.3 is 6.03 Å². The van der Waals surface area contributed by atoms with Crippen LogP contribution in [0.15, 0.2) is 109 Å². The Hall–Kier alpha value is -4.91. The van der Waals surface area contributed by atoms with Gasteiger partial charge in [-0.2, -0.15) is 0 Å². The van der Waals surface area contributed by atoms with Gasteiger partial charge in [0.05, 0.1) is 0 Å². The Bertz CT molecular complexity index is 1310. The molecule has 7 heteroatoms. The summed E-state index contributed by atoms with van der Waals surface area (Å²) in [6.07, 6.45) is 0. The third-order valence-electron chi connectivity index (χ3n) is 5.11. The number of carbonyl (C=O) groups is 3. The van der Waals surface area contributed by atoms with Crippen molar-refractivity contribution < 1.29 is 14.4 Å². The molecule has 0 unspecified atom stereocenters. The molecule has 4 rings (SSSR count). The molecule has 0 heterocycles. The van der Waals surface area contributed by atoms with Crippen molar-refractivity contribution in [3.05, 3.63) is 126 Å². The highest BCUT2D eigenvalue weighted by atomic mass is 16.2. The molecule has 0 aliphatic rings. The second-order valence-electron chi connectivity index (χ2n) is 7.73. The molecule has 7 nitrogen and oxygen atoms in total. The minimum absolute atomic E-state index is 0.219. The SMILES string of the molecule is O=C(Nc1ccccc1)Nc1ccc(C(=O)NCc2cccc(C(=O)Nc3ccccc3)c2)cc1. The van der Waals surface area contributed by atoms with Gasteiger partial charge in [0.2, 0.25) is 0 Å². The van der Waals surface area contributed by atoms with Crippen LogP contribution in [0.25, 0.3) is 0 Å². The monoisotopic (exact) mass is 464 g/mol. The van der Waals surface area contributed by atoms with Crippen molar-refractivity contribution in [1.82, 2.24) is 5.32 Å². The second kappa shape index (κ2) is 11.3. The lowest BCUT2D eigenvalue weighted by atomic mass is 10.1. The van der Waals surface area contributed by atoms with Crippen LogP contribution in [0.4, 0.5) is 21.9 Å². The van der Waals surface area contributed by atoms with Crippen LogP contribution in [-0.4, -0.2) is 17.8 Å². The maximum atomic E-state index is 12.6. The van der Waals surface area contributed by atoms with E-state index in [1.54, 1.807) is 54.6 Å². The van der Waals surface area contributed by atoms with Gasteiger partial charge in [0.25, 0.3) is 11.8 Å². The zero-order valence-electron chi connectivity index (χ0n) is 18.8. The van der Waals surface area contributed by atoms with E-state index < -0.39 is 0 Å². The van der Waals surface area contributed by atoms with Gasteiger partial charge in [0, 0.05) is 34.7 Å². The Kier molecular flexibility index (Phi) is 7.50. The number of hydrogen-bond donors (Lipinski definition) is 4. The first-order valence-electron chi connectivity index (χ1n) is 11.0. The molecule has 0 fully saturated rings. The van der Waals surface area contributed by atoms with Crippen molar-refractivity contribution in [3.63, 3.8) is 0 Å². The van der Waals surface area contributed by atoms with Crippen LogP contribution >= 0.6 is 0 Å². The van der Waals surface area contributed by atoms with E-state index in [9.17, 15) is 14.4 Å². The number of para-hydroxylation sites is 2. The molecular formula is C28H24N4O3. The van der Waals surface area contributed by atoms with Gasteiger partial charge in [-0.3, -0.25) is 9.59 Å². The van der Waals surface area contributed by atoms with Gasteiger partial charge in [-0.05, 0) is 66.2 Å². The number of nitrogens with one attached hydrogen (secondary N) is 4. The van der Waals surface area contributed by atoms with Gasteiger partial charge in [-0.25, -0.2) is 4.79 Å². The Balaban J connectivity index is 1.29. The van der Waals surface area contributed by atoms with E-state index >= 15 is 0 Å². The quantitative estimate of drug-likeness (QED) is 0.290. The predicted octanol–water partition coefficient (Wildman–Crippen LogP) is 5.51. The van der Waals surface area contributed by atoms with Crippen LogP contribution in [0.5, 0.6) is 0 Å². The smallest absolute Gasteiger partial charge is 0.323 e. The molecule has 0 saturated carbocycles. The molecule has 4 N–H and O–H groups in total. The minimum Gasteiger partial charge on any atom is -0.348 e. The molecule has 4 aromatic rings. The van der Waals surface area contributed by atoms with E-state index in [1.807, 2.05) is 54.6 Å². The molecule has 0 saturated heterocycles. The van der Waals surface area contributed by atoms with Gasteiger partial charge in [-0.1, -0.05) is 48.5 Å². The third-order valence-corrected chi connectivity index (χ3v) is 5.11. The third kappa shape index (κ3) is 6.79. The number of rotatable bonds is 7. The topological polar surface area (TPSA) is 99.3 Å². The van der Waals surface area contributed by atoms with E-state index in [0.717, 1.165) is 5.56 Å². The van der Waals surface area contributed by atoms with Crippen LogP contribution in [0.2, 0.25) is 0 Å². The summed E-state index contributed by atoms with van der Waals surface area (Å²) in [5.41, 5.74) is 3.72. The maximum Gasteiger partial charge on any atom is 0.323 e. The summed E-state index contributed by atoms with van der Waals surface area (Å²) in [6, 6.07) is 31.7. The standard InChI is InChI=1S/C28H24N4O3/c33-26(21-14-16-25(17-15-21)32-28(35)31-24-12-5-2-6-13-24)29-19-20-8-7-9-22(18-20)27(34)30-23-10-3-1-4-11-23/h1-18H,19H2,(H,29,33)(H,30,34)(H2,31,32,35). The highest BCUT2D eigenvalue weighted by Gasteiger charge is 2.09. The lowest BCUT2D eigenvalue weighted by Crippen LogP contribution is -2.23. The fraction of sp³-hybridized carbons (Fsp3) is 0.0357. The summed E-state index contributed by atoms with van der Waals surface area (Å²) in [6.45, 7) is 0.269. The number of anilines is 3. The van der Waals surface area contributed by atoms with Crippen molar-refractivity contribution in [2.75, 3.05) is 16.0 Å². The van der Waals surface area contributed by atoms with Crippen molar-refractivity contribution in [2.24, 2.45) is 0 Å². The molecule has 4 aromatic carbocycles. The van der Waals surface area contributed by atoms with E-state index in [1.165, 1.54) is 0 Å². The average molecular weight is 465 g/mol. The average Bonchev–Trinajstić information content (AvgIpc) is 2.89. The summed E-state index contributed by atoms with van der Waals surface area (Å²) in [5.74, 6) is -0.479. The van der Waals surface area contributed by atoms with Crippen molar-refractivity contribution in [1.29, 1.82) is 0 Å². The lowest BCUT2D eigenvalue weighted by Gasteiger charge is -2.10. The normalized spacial score (nSPS) is 10.2. The number of amides is 4. The van der Waals surface area contributed by atoms with Gasteiger partial charge in [-0.15, -0.1) is 0 Å². The largest absolute Gasteiger partial charge is 0.348 e. The van der Waals surface area contributed by atoms with Crippen LogP contribution in [0.1, 0.15) is 26.3 Å². The van der Waals surface area contributed by atoms with E-state index in [-0.39, 0.29) is 24.4 Å². The Morgan fingerprint density at radius 3 is 1.71 bits per heavy atom. The second-order valence-corrected chi connectivity index (χ2v) is 7.73. The van der Waals surface area contributed by atoms with E-state index in [4.69, 9.17) is 0 Å². The number of carbonyl (C=O) groups excluding carboxylic acids is 3. The first kappa shape index (κ1) is 23.3. The summed E-state index contributed by atoms with van der Waals surface area (Å²) in [7, 11) is 0. The highest BCUT2D eigenvalue weighted by molar-refractivity contribution is 6.04. The Labute approximate surface area is 203 Å². The molecule has 0 atom stereocenters. The van der Waals surface area contributed by atoms with Gasteiger partial charge in [0.15, 0.2) is 0 Å². The zero-order chi connectivity index (χ0) is 24.5. The summed E-state index contributed by atoms with van der Waals surface area (Å²) < 4.78 is 0. The Morgan fingerprint density at radius 1 is 0.514 bits per heavy atom. The zero-order valence-corrected chi connectivity index (χ0v) is 18.8. The Morgan fingerprint density at radius 2 is 1.09 bits per heavy atom. The van der Waals surface area contributed by atoms with Crippen molar-refractivity contribution >= 4 is 34.9 Å². The number of hydrogen-bond acceptors (Lipinski definition) is 3. The van der Waals surface area contributed by atoms with Crippen molar-refractivity contribution in [3.8, 4) is 0 Å². The van der Waals surface area contributed by atoms with Crippen LogP contribution in [-0.2, 0) is 6.54 Å². The molecule has 174 valence electrons. The molecule has 35 heavy (non-hydrogen) atoms. The van der Waals surface area contributed by atoms with Crippen LogP contribution in [0.3, 0.4) is 0 Å². The van der Waals surface area contributed by atoms with Crippen molar-refractivity contribution in [2.45, 2.75) is 6.54 Å². The fourth-order valence-corrected chi connectivity index (χ4v) is 3.35. The van der Waals surface area contributed by atoms with Gasteiger partial charge in [0.1, 0.15) is 0 Å². The summed E-state index contributed by atoms with van der Waals surface area (Å²) in [5, 5.41) is 11.2. The van der Waals surface area contributed by atoms with E-state index in [2.05, 4.69) is 21.3 Å². The maximum absolute atomic E-state index is 12.6. The minimum atomic E-state index is -0.371. The molecule has 0 aliphatic carbocycles. The molecule has 0 radical (unpaired) electrons. The fourth-order valence-electron chi connectivity index (χ4n) is 3.35. The first-order chi connectivity index (χ1) is 17.1. The molecule has 0 bridgehead atoms. The number of benzene rings is 4. The van der Waals surface area contributed by atoms with Crippen LogP contribution in [0, 0.1) is 0 Å². The summed E-state index contributed by atoms with van der Waals surface area (Å²) >= 11 is 0. The molecular weight excluding hydrogens is 440 g/mol. The molecule has 0 aromatic heterocycles. The molecule has 0 spiro atoms. The highest BCUT2D eigenvalue weighted by Crippen LogP contribution is 2.13. The molecule has 0 aliphatic heterocycles. The summed E-state index contributed by atoms with van der Waals surface area (Å²) in [4.78, 5) is 37.2. The van der Waals surface area contributed by atoms with E-state index in [0.29, 0.717) is 28.2 Å². The predicted molar refractivity (Wildman–Crippen MR) is 138 cm³/mol. The lowest BCUT2D eigenvalue weighted by molar-refractivity contribution is 0.0950. The van der Waals surface area contributed by atoms with Gasteiger partial charge < -0.3 is 21.3 Å². The molecule has 4 amide bonds. The number of urea groups is 1. The van der Waals surface area contributed by atoms with Crippen LogP contribution < -0.4 is 21.3 Å². The first-order valence-corrected chi connectivity index (χ1v) is 11.0.